The fraction of sp³-hybridized carbons (Fsp3) is 0.143. The van der Waals surface area contributed by atoms with Gasteiger partial charge in [-0.15, -0.1) is 12.6 Å². The zero-order valence-electron chi connectivity index (χ0n) is 5.16. The highest BCUT2D eigenvalue weighted by Crippen LogP contribution is 2.18. The molecule has 0 aliphatic carbocycles. The number of aliphatic hydroxyl groups excluding tert-OH is 1. The van der Waals surface area contributed by atoms with Crippen LogP contribution in [-0.4, -0.2) is 5.11 Å². The Morgan fingerprint density at radius 2 is 1.80 bits per heavy atom. The predicted octanol–water partition coefficient (Wildman–Crippen LogP) is 2.26. The zero-order valence-corrected chi connectivity index (χ0v) is 6.81. The highest BCUT2D eigenvalue weighted by atomic mass is 35.5. The molecule has 1 atom stereocenters. The largest absolute Gasteiger partial charge is 0.378 e. The van der Waals surface area contributed by atoms with Gasteiger partial charge in [0.1, 0.15) is 5.44 Å². The number of halogens is 1. The molecule has 0 aliphatic rings. The van der Waals surface area contributed by atoms with Gasteiger partial charge in [0.2, 0.25) is 0 Å². The van der Waals surface area contributed by atoms with E-state index in [0.29, 0.717) is 5.02 Å². The van der Waals surface area contributed by atoms with E-state index in [-0.39, 0.29) is 0 Å². The van der Waals surface area contributed by atoms with Crippen molar-refractivity contribution in [3.63, 3.8) is 0 Å². The fourth-order valence-corrected chi connectivity index (χ4v) is 0.933. The first-order chi connectivity index (χ1) is 4.70. The van der Waals surface area contributed by atoms with Crippen molar-refractivity contribution in [1.82, 2.24) is 0 Å². The van der Waals surface area contributed by atoms with Crippen LogP contribution in [0, 0.1) is 0 Å². The summed E-state index contributed by atoms with van der Waals surface area (Å²) < 4.78 is 0. The van der Waals surface area contributed by atoms with Crippen LogP contribution < -0.4 is 0 Å². The van der Waals surface area contributed by atoms with Gasteiger partial charge in [0, 0.05) is 5.02 Å². The molecule has 0 aromatic heterocycles. The normalized spacial score (nSPS) is 13.1. The van der Waals surface area contributed by atoms with Gasteiger partial charge < -0.3 is 5.11 Å². The van der Waals surface area contributed by atoms with Crippen molar-refractivity contribution in [2.75, 3.05) is 0 Å². The predicted molar refractivity (Wildman–Crippen MR) is 45.4 cm³/mol. The average Bonchev–Trinajstić information content (AvgIpc) is 1.88. The Bertz CT molecular complexity index is 207. The number of thiol groups is 1. The van der Waals surface area contributed by atoms with Crippen LogP contribution >= 0.6 is 24.2 Å². The number of rotatable bonds is 1. The van der Waals surface area contributed by atoms with Crippen molar-refractivity contribution in [2.45, 2.75) is 5.44 Å². The Morgan fingerprint density at radius 3 is 2.20 bits per heavy atom. The van der Waals surface area contributed by atoms with Crippen LogP contribution in [0.25, 0.3) is 0 Å². The molecular formula is C7H7ClOS. The Balaban J connectivity index is 2.89. The summed E-state index contributed by atoms with van der Waals surface area (Å²) in [6.07, 6.45) is 0. The summed E-state index contributed by atoms with van der Waals surface area (Å²) in [4.78, 5) is 0. The quantitative estimate of drug-likeness (QED) is 0.495. The third-order valence-corrected chi connectivity index (χ3v) is 1.72. The minimum atomic E-state index is -0.711. The molecule has 1 rings (SSSR count). The standard InChI is InChI=1S/C7H7ClOS/c8-6-3-1-5(2-4-6)7(9)10/h1-4,7,9-10H/t7-/m0/s1. The SMILES string of the molecule is O[C@@H](S)c1ccc(Cl)cc1. The van der Waals surface area contributed by atoms with Gasteiger partial charge in [-0.3, -0.25) is 0 Å². The van der Waals surface area contributed by atoms with Crippen LogP contribution in [0.5, 0.6) is 0 Å². The number of benzene rings is 1. The van der Waals surface area contributed by atoms with Crippen molar-refractivity contribution in [3.05, 3.63) is 34.9 Å². The molecule has 0 radical (unpaired) electrons. The van der Waals surface area contributed by atoms with E-state index in [1.807, 2.05) is 0 Å². The van der Waals surface area contributed by atoms with Gasteiger partial charge in [0.15, 0.2) is 0 Å². The Kier molecular flexibility index (Phi) is 2.60. The van der Waals surface area contributed by atoms with E-state index in [2.05, 4.69) is 12.6 Å². The summed E-state index contributed by atoms with van der Waals surface area (Å²) >= 11 is 9.44. The summed E-state index contributed by atoms with van der Waals surface area (Å²) in [5.41, 5.74) is 0.0463. The molecule has 1 nitrogen and oxygen atoms in total. The van der Waals surface area contributed by atoms with E-state index in [1.54, 1.807) is 24.3 Å². The van der Waals surface area contributed by atoms with Crippen molar-refractivity contribution in [2.24, 2.45) is 0 Å². The first-order valence-electron chi connectivity index (χ1n) is 2.82. The molecule has 1 N–H and O–H groups in total. The molecule has 1 aromatic rings. The van der Waals surface area contributed by atoms with E-state index < -0.39 is 5.44 Å². The van der Waals surface area contributed by atoms with Crippen LogP contribution in [-0.2, 0) is 0 Å². The molecule has 0 heterocycles. The fourth-order valence-electron chi connectivity index (χ4n) is 0.635. The molecule has 1 aromatic carbocycles. The van der Waals surface area contributed by atoms with Gasteiger partial charge in [-0.05, 0) is 17.7 Å². The highest BCUT2D eigenvalue weighted by molar-refractivity contribution is 7.80. The number of aliphatic hydroxyl groups is 1. The molecule has 54 valence electrons. The van der Waals surface area contributed by atoms with Crippen LogP contribution in [0.2, 0.25) is 5.02 Å². The number of hydrogen-bond acceptors (Lipinski definition) is 2. The lowest BCUT2D eigenvalue weighted by Crippen LogP contribution is -1.85. The Hall–Kier alpha value is -0.180. The summed E-state index contributed by atoms with van der Waals surface area (Å²) in [5, 5.41) is 9.60. The average molecular weight is 175 g/mol. The second kappa shape index (κ2) is 3.28. The Labute approximate surface area is 70.0 Å². The maximum absolute atomic E-state index is 8.94. The molecular weight excluding hydrogens is 168 g/mol. The molecule has 0 saturated heterocycles. The van der Waals surface area contributed by atoms with E-state index in [9.17, 15) is 0 Å². The smallest absolute Gasteiger partial charge is 0.122 e. The third-order valence-electron chi connectivity index (χ3n) is 1.17. The molecule has 0 fully saturated rings. The topological polar surface area (TPSA) is 20.2 Å². The first-order valence-corrected chi connectivity index (χ1v) is 3.71. The zero-order chi connectivity index (χ0) is 7.56. The summed E-state index contributed by atoms with van der Waals surface area (Å²) in [7, 11) is 0. The molecule has 0 saturated carbocycles. The maximum atomic E-state index is 8.94. The monoisotopic (exact) mass is 174 g/mol. The van der Waals surface area contributed by atoms with Gasteiger partial charge in [0.25, 0.3) is 0 Å². The van der Waals surface area contributed by atoms with Crippen molar-refractivity contribution >= 4 is 24.2 Å². The van der Waals surface area contributed by atoms with Gasteiger partial charge in [-0.25, -0.2) is 0 Å². The molecule has 0 bridgehead atoms. The van der Waals surface area contributed by atoms with Gasteiger partial charge >= 0.3 is 0 Å². The third kappa shape index (κ3) is 1.90. The van der Waals surface area contributed by atoms with Gasteiger partial charge in [0.05, 0.1) is 0 Å². The molecule has 0 amide bonds. The lowest BCUT2D eigenvalue weighted by molar-refractivity contribution is 0.272. The summed E-state index contributed by atoms with van der Waals surface area (Å²) in [6.45, 7) is 0. The van der Waals surface area contributed by atoms with Gasteiger partial charge in [-0.2, -0.15) is 0 Å². The molecule has 0 aliphatic heterocycles. The van der Waals surface area contributed by atoms with Crippen LogP contribution in [0.15, 0.2) is 24.3 Å². The first kappa shape index (κ1) is 7.92. The van der Waals surface area contributed by atoms with Crippen LogP contribution in [0.1, 0.15) is 11.0 Å². The molecule has 0 unspecified atom stereocenters. The molecule has 10 heavy (non-hydrogen) atoms. The summed E-state index contributed by atoms with van der Waals surface area (Å²) in [5.74, 6) is 0. The summed E-state index contributed by atoms with van der Waals surface area (Å²) in [6, 6.07) is 6.91. The van der Waals surface area contributed by atoms with Crippen molar-refractivity contribution < 1.29 is 5.11 Å². The minimum Gasteiger partial charge on any atom is -0.378 e. The van der Waals surface area contributed by atoms with Crippen LogP contribution in [0.3, 0.4) is 0 Å². The van der Waals surface area contributed by atoms with E-state index in [0.717, 1.165) is 5.56 Å². The second-order valence-corrected chi connectivity index (χ2v) is 2.85. The molecule has 0 spiro atoms. The maximum Gasteiger partial charge on any atom is 0.122 e. The lowest BCUT2D eigenvalue weighted by Gasteiger charge is -2.01. The second-order valence-electron chi connectivity index (χ2n) is 1.93. The minimum absolute atomic E-state index is 0.665. The van der Waals surface area contributed by atoms with Crippen molar-refractivity contribution in [1.29, 1.82) is 0 Å². The Morgan fingerprint density at radius 1 is 1.30 bits per heavy atom. The van der Waals surface area contributed by atoms with E-state index >= 15 is 0 Å². The molecule has 3 heteroatoms. The number of hydrogen-bond donors (Lipinski definition) is 2. The van der Waals surface area contributed by atoms with Gasteiger partial charge in [-0.1, -0.05) is 23.7 Å². The van der Waals surface area contributed by atoms with E-state index in [1.165, 1.54) is 0 Å². The van der Waals surface area contributed by atoms with E-state index in [4.69, 9.17) is 16.7 Å². The van der Waals surface area contributed by atoms with Crippen molar-refractivity contribution in [3.8, 4) is 0 Å². The lowest BCUT2D eigenvalue weighted by atomic mass is 10.2. The van der Waals surface area contributed by atoms with Crippen LogP contribution in [0.4, 0.5) is 0 Å². The highest BCUT2D eigenvalue weighted by Gasteiger charge is 1.98.